The highest BCUT2D eigenvalue weighted by Gasteiger charge is 2.32. The van der Waals surface area contributed by atoms with Crippen LogP contribution in [0.5, 0.6) is 5.75 Å². The molecule has 0 bridgehead atoms. The third-order valence-electron chi connectivity index (χ3n) is 4.98. The predicted octanol–water partition coefficient (Wildman–Crippen LogP) is 2.77. The maximum atomic E-state index is 14.1. The fourth-order valence-corrected chi connectivity index (χ4v) is 3.60. The number of benzene rings is 1. The van der Waals surface area contributed by atoms with Crippen molar-refractivity contribution >= 4 is 40.8 Å². The van der Waals surface area contributed by atoms with E-state index >= 15 is 0 Å². The maximum Gasteiger partial charge on any atom is 0.289 e. The molecule has 0 spiro atoms. The Labute approximate surface area is 201 Å². The first-order valence-corrected chi connectivity index (χ1v) is 10.4. The van der Waals surface area contributed by atoms with Gasteiger partial charge in [-0.2, -0.15) is 0 Å². The number of aromatic nitrogens is 3. The number of halogens is 4. The van der Waals surface area contributed by atoms with E-state index in [2.05, 4.69) is 20.3 Å². The number of carbonyl (C=O) groups excluding carboxylic acids is 2. The Morgan fingerprint density at radius 3 is 2.62 bits per heavy atom. The van der Waals surface area contributed by atoms with Gasteiger partial charge in [0.15, 0.2) is 11.6 Å². The number of hydrogen-bond acceptors (Lipinski definition) is 7. The molecule has 0 radical (unpaired) electrons. The van der Waals surface area contributed by atoms with Crippen LogP contribution in [-0.2, 0) is 11.4 Å². The molecular weight excluding hydrogens is 495 g/mol. The molecule has 0 aliphatic carbocycles. The number of likely N-dealkylation sites (N-methyl/N-ethyl adjacent to an activating group) is 1. The van der Waals surface area contributed by atoms with E-state index in [4.69, 9.17) is 33.0 Å². The van der Waals surface area contributed by atoms with Gasteiger partial charge in [-0.05, 0) is 12.1 Å². The van der Waals surface area contributed by atoms with Gasteiger partial charge in [-0.25, -0.2) is 23.7 Å². The molecule has 1 aliphatic rings. The van der Waals surface area contributed by atoms with Crippen LogP contribution in [0.25, 0.3) is 11.3 Å². The van der Waals surface area contributed by atoms with Gasteiger partial charge in [0.05, 0.1) is 28.5 Å². The van der Waals surface area contributed by atoms with Gasteiger partial charge in [-0.3, -0.25) is 14.5 Å². The quantitative estimate of drug-likeness (QED) is 0.555. The summed E-state index contributed by atoms with van der Waals surface area (Å²) in [5.41, 5.74) is -0.698. The van der Waals surface area contributed by atoms with E-state index in [0.717, 1.165) is 18.3 Å². The molecule has 2 N–H and O–H groups in total. The first-order chi connectivity index (χ1) is 16.2. The molecule has 0 fully saturated rings. The summed E-state index contributed by atoms with van der Waals surface area (Å²) in [6, 6.07) is 2.23. The van der Waals surface area contributed by atoms with Crippen molar-refractivity contribution in [1.82, 2.24) is 20.3 Å². The fraction of sp³-hybridized carbons (Fsp3) is 0.190. The Morgan fingerprint density at radius 1 is 1.24 bits per heavy atom. The molecule has 3 heterocycles. The first kappa shape index (κ1) is 23.7. The number of fused-ring (bicyclic) bond motifs is 1. The minimum absolute atomic E-state index is 0.0688. The highest BCUT2D eigenvalue weighted by molar-refractivity contribution is 6.33. The maximum absolute atomic E-state index is 14.1. The SMILES string of the molecule is CN1C(=O)[C@@H](NC(=O)c2ncc(Cl)c(-c3cc(F)c(CO)c(F)c3)n2)COc2cc(Cl)cnc21. The van der Waals surface area contributed by atoms with Crippen LogP contribution in [0.4, 0.5) is 14.6 Å². The van der Waals surface area contributed by atoms with Gasteiger partial charge >= 0.3 is 0 Å². The number of aliphatic hydroxyl groups is 1. The lowest BCUT2D eigenvalue weighted by molar-refractivity contribution is -0.120. The summed E-state index contributed by atoms with van der Waals surface area (Å²) in [7, 11) is 1.46. The topological polar surface area (TPSA) is 118 Å². The molecule has 13 heteroatoms. The molecule has 0 saturated carbocycles. The predicted molar refractivity (Wildman–Crippen MR) is 118 cm³/mol. The van der Waals surface area contributed by atoms with Gasteiger partial charge in [0.25, 0.3) is 11.8 Å². The van der Waals surface area contributed by atoms with Crippen molar-refractivity contribution in [2.24, 2.45) is 0 Å². The average molecular weight is 510 g/mol. The van der Waals surface area contributed by atoms with Crippen molar-refractivity contribution in [2.75, 3.05) is 18.6 Å². The zero-order valence-corrected chi connectivity index (χ0v) is 18.9. The van der Waals surface area contributed by atoms with Crippen molar-refractivity contribution in [2.45, 2.75) is 12.6 Å². The Balaban J connectivity index is 1.59. The molecule has 1 atom stereocenters. The third kappa shape index (κ3) is 4.49. The third-order valence-corrected chi connectivity index (χ3v) is 5.46. The van der Waals surface area contributed by atoms with E-state index in [1.54, 1.807) is 0 Å². The second-order valence-electron chi connectivity index (χ2n) is 7.18. The number of rotatable bonds is 4. The van der Waals surface area contributed by atoms with Crippen molar-refractivity contribution in [1.29, 1.82) is 0 Å². The van der Waals surface area contributed by atoms with Crippen LogP contribution in [0.3, 0.4) is 0 Å². The Morgan fingerprint density at radius 2 is 1.94 bits per heavy atom. The lowest BCUT2D eigenvalue weighted by atomic mass is 10.1. The average Bonchev–Trinajstić information content (AvgIpc) is 2.91. The molecule has 1 aliphatic heterocycles. The summed E-state index contributed by atoms with van der Waals surface area (Å²) in [6.07, 6.45) is 2.45. The minimum Gasteiger partial charge on any atom is -0.487 e. The van der Waals surface area contributed by atoms with Gasteiger partial charge in [0, 0.05) is 30.4 Å². The van der Waals surface area contributed by atoms with Crippen molar-refractivity contribution in [3.8, 4) is 17.0 Å². The van der Waals surface area contributed by atoms with Crippen LogP contribution in [0.1, 0.15) is 16.2 Å². The van der Waals surface area contributed by atoms with E-state index in [1.807, 2.05) is 0 Å². The van der Waals surface area contributed by atoms with Crippen LogP contribution in [0.15, 0.2) is 30.6 Å². The molecule has 3 aromatic rings. The summed E-state index contributed by atoms with van der Waals surface area (Å²) in [5.74, 6) is -3.28. The van der Waals surface area contributed by atoms with E-state index in [9.17, 15) is 18.4 Å². The number of anilines is 1. The molecule has 34 heavy (non-hydrogen) atoms. The Bertz CT molecular complexity index is 1290. The number of hydrogen-bond donors (Lipinski definition) is 2. The van der Waals surface area contributed by atoms with E-state index < -0.39 is 47.5 Å². The van der Waals surface area contributed by atoms with E-state index in [1.165, 1.54) is 24.2 Å². The Kier molecular flexibility index (Phi) is 6.60. The summed E-state index contributed by atoms with van der Waals surface area (Å²) < 4.78 is 33.8. The number of aliphatic hydroxyl groups excluding tert-OH is 1. The largest absolute Gasteiger partial charge is 0.487 e. The molecule has 9 nitrogen and oxygen atoms in total. The molecule has 4 rings (SSSR count). The normalized spacial score (nSPS) is 15.4. The second kappa shape index (κ2) is 9.45. The van der Waals surface area contributed by atoms with Crippen molar-refractivity contribution in [3.63, 3.8) is 0 Å². The number of pyridine rings is 1. The highest BCUT2D eigenvalue weighted by atomic mass is 35.5. The van der Waals surface area contributed by atoms with Crippen LogP contribution in [0, 0.1) is 11.6 Å². The van der Waals surface area contributed by atoms with E-state index in [-0.39, 0.29) is 34.5 Å². The minimum atomic E-state index is -1.12. The summed E-state index contributed by atoms with van der Waals surface area (Å²) in [6.45, 7) is -1.05. The van der Waals surface area contributed by atoms with Gasteiger partial charge < -0.3 is 15.2 Å². The molecule has 2 aromatic heterocycles. The number of ether oxygens (including phenoxy) is 1. The van der Waals surface area contributed by atoms with Crippen molar-refractivity contribution in [3.05, 3.63) is 63.7 Å². The van der Waals surface area contributed by atoms with E-state index in [0.29, 0.717) is 5.02 Å². The second-order valence-corrected chi connectivity index (χ2v) is 8.02. The monoisotopic (exact) mass is 509 g/mol. The molecule has 176 valence electrons. The van der Waals surface area contributed by atoms with Crippen molar-refractivity contribution < 1.29 is 28.2 Å². The van der Waals surface area contributed by atoms with Gasteiger partial charge in [0.2, 0.25) is 5.82 Å². The fourth-order valence-electron chi connectivity index (χ4n) is 3.25. The first-order valence-electron chi connectivity index (χ1n) is 9.68. The standard InChI is InChI=1S/C21H15Cl2F2N5O4/c1-30-19-16(4-10(22)5-27-19)34-8-15(21(30)33)28-20(32)18-26-6-12(23)17(29-18)9-2-13(24)11(7-31)14(25)3-9/h2-6,15,31H,7-8H2,1H3,(H,28,32)/t15-/m0/s1. The van der Waals surface area contributed by atoms with Crippen LogP contribution in [0.2, 0.25) is 10.0 Å². The van der Waals surface area contributed by atoms with Gasteiger partial charge in [-0.1, -0.05) is 23.2 Å². The lowest BCUT2D eigenvalue weighted by Gasteiger charge is -2.19. The molecule has 0 unspecified atom stereocenters. The van der Waals surface area contributed by atoms with Crippen LogP contribution < -0.4 is 15.0 Å². The molecule has 1 aromatic carbocycles. The molecular formula is C21H15Cl2F2N5O4. The van der Waals surface area contributed by atoms with Gasteiger partial charge in [-0.15, -0.1) is 0 Å². The molecule has 0 saturated heterocycles. The zero-order chi connectivity index (χ0) is 24.6. The Hall–Kier alpha value is -3.41. The summed E-state index contributed by atoms with van der Waals surface area (Å²) >= 11 is 12.0. The number of nitrogens with one attached hydrogen (secondary N) is 1. The smallest absolute Gasteiger partial charge is 0.289 e. The zero-order valence-electron chi connectivity index (χ0n) is 17.4. The number of nitrogens with zero attached hydrogens (tertiary/aromatic N) is 4. The van der Waals surface area contributed by atoms with Crippen LogP contribution >= 0.6 is 23.2 Å². The lowest BCUT2D eigenvalue weighted by Crippen LogP contribution is -2.49. The molecule has 2 amide bonds. The number of carbonyl (C=O) groups is 2. The van der Waals surface area contributed by atoms with Crippen LogP contribution in [-0.4, -0.2) is 51.6 Å². The van der Waals surface area contributed by atoms with Gasteiger partial charge in [0.1, 0.15) is 24.3 Å². The highest BCUT2D eigenvalue weighted by Crippen LogP contribution is 2.31. The summed E-state index contributed by atoms with van der Waals surface area (Å²) in [4.78, 5) is 38.8. The summed E-state index contributed by atoms with van der Waals surface area (Å²) in [5, 5.41) is 11.8. The number of amides is 2.